The number of rotatable bonds is 4. The monoisotopic (exact) mass is 449 g/mol. The first-order chi connectivity index (χ1) is 11.1. The highest BCUT2D eigenvalue weighted by Crippen LogP contribution is 2.33. The number of hydrogen-bond donors (Lipinski definition) is 1. The molecule has 4 saturated heterocycles. The van der Waals surface area contributed by atoms with Gasteiger partial charge in [0.05, 0.1) is 0 Å². The highest BCUT2D eigenvalue weighted by atomic mass is 127. The lowest BCUT2D eigenvalue weighted by Gasteiger charge is -2.48. The molecule has 4 heterocycles. The van der Waals surface area contributed by atoms with Gasteiger partial charge in [-0.2, -0.15) is 0 Å². The van der Waals surface area contributed by atoms with Crippen LogP contribution in [0.3, 0.4) is 0 Å². The van der Waals surface area contributed by atoms with Crippen molar-refractivity contribution >= 4 is 29.9 Å². The maximum Gasteiger partial charge on any atom is 0.193 e. The highest BCUT2D eigenvalue weighted by molar-refractivity contribution is 14.0. The molecule has 0 aromatic carbocycles. The zero-order valence-corrected chi connectivity index (χ0v) is 18.1. The lowest BCUT2D eigenvalue weighted by Crippen LogP contribution is -2.64. The number of guanidine groups is 1. The maximum atomic E-state index is 4.58. The van der Waals surface area contributed by atoms with E-state index < -0.39 is 0 Å². The van der Waals surface area contributed by atoms with Crippen molar-refractivity contribution in [3.05, 3.63) is 0 Å². The van der Waals surface area contributed by atoms with Gasteiger partial charge in [-0.1, -0.05) is 20.3 Å². The van der Waals surface area contributed by atoms with E-state index in [-0.39, 0.29) is 24.0 Å². The van der Waals surface area contributed by atoms with Gasteiger partial charge in [0, 0.05) is 65.4 Å². The van der Waals surface area contributed by atoms with Gasteiger partial charge in [-0.05, 0) is 24.7 Å². The predicted molar refractivity (Wildman–Crippen MR) is 112 cm³/mol. The third-order valence-corrected chi connectivity index (χ3v) is 6.03. The zero-order valence-electron chi connectivity index (χ0n) is 15.8. The van der Waals surface area contributed by atoms with Gasteiger partial charge in [0.15, 0.2) is 5.96 Å². The Hall–Kier alpha value is -0.0800. The van der Waals surface area contributed by atoms with E-state index in [1.165, 1.54) is 58.4 Å². The lowest BCUT2D eigenvalue weighted by atomic mass is 9.78. The molecule has 2 unspecified atom stereocenters. The normalized spacial score (nSPS) is 36.4. The Bertz CT molecular complexity index is 418. The second-order valence-electron chi connectivity index (χ2n) is 8.00. The van der Waals surface area contributed by atoms with Crippen LogP contribution in [0.25, 0.3) is 0 Å². The molecule has 6 heteroatoms. The van der Waals surface area contributed by atoms with Crippen molar-refractivity contribution in [1.29, 1.82) is 0 Å². The van der Waals surface area contributed by atoms with E-state index in [1.807, 2.05) is 7.05 Å². The largest absolute Gasteiger partial charge is 0.355 e. The molecule has 2 bridgehead atoms. The number of hydrogen-bond acceptors (Lipinski definition) is 3. The fourth-order valence-electron chi connectivity index (χ4n) is 4.76. The Morgan fingerprint density at radius 3 is 2.54 bits per heavy atom. The number of likely N-dealkylation sites (tertiary alicyclic amines) is 1. The summed E-state index contributed by atoms with van der Waals surface area (Å²) >= 11 is 0. The van der Waals surface area contributed by atoms with Crippen molar-refractivity contribution in [2.24, 2.45) is 10.4 Å². The first-order valence-electron chi connectivity index (χ1n) is 9.55. The Morgan fingerprint density at radius 1 is 1.21 bits per heavy atom. The van der Waals surface area contributed by atoms with E-state index in [1.54, 1.807) is 0 Å². The van der Waals surface area contributed by atoms with Crippen LogP contribution in [0.4, 0.5) is 0 Å². The average Bonchev–Trinajstić information content (AvgIpc) is 2.56. The smallest absolute Gasteiger partial charge is 0.193 e. The fraction of sp³-hybridized carbons (Fsp3) is 0.944. The van der Waals surface area contributed by atoms with Crippen LogP contribution in [0.5, 0.6) is 0 Å². The van der Waals surface area contributed by atoms with Gasteiger partial charge in [-0.25, -0.2) is 0 Å². The van der Waals surface area contributed by atoms with Crippen LogP contribution >= 0.6 is 24.0 Å². The Labute approximate surface area is 165 Å². The molecule has 5 nitrogen and oxygen atoms in total. The van der Waals surface area contributed by atoms with Gasteiger partial charge >= 0.3 is 0 Å². The van der Waals surface area contributed by atoms with Crippen LogP contribution in [-0.2, 0) is 0 Å². The standard InChI is InChI=1S/C18H35N5.HI/c1-4-6-18(2)7-5-8-23(15-18)17(19-3)20-13-16-14-21-9-11-22(16)12-10-21;/h16H,4-15H2,1-3H3,(H,19,20);1H. The second-order valence-corrected chi connectivity index (χ2v) is 8.00. The third-order valence-electron chi connectivity index (χ3n) is 6.03. The molecule has 0 aliphatic carbocycles. The van der Waals surface area contributed by atoms with Crippen molar-refractivity contribution in [1.82, 2.24) is 20.0 Å². The minimum Gasteiger partial charge on any atom is -0.355 e. The van der Waals surface area contributed by atoms with E-state index in [4.69, 9.17) is 0 Å². The number of nitrogens with one attached hydrogen (secondary N) is 1. The Morgan fingerprint density at radius 2 is 1.96 bits per heavy atom. The number of halogens is 1. The van der Waals surface area contributed by atoms with E-state index >= 15 is 0 Å². The SMILES string of the molecule is CCCC1(C)CCCN(C(=NC)NCC2CN3CCN2CC3)C1.I. The summed E-state index contributed by atoms with van der Waals surface area (Å²) in [5, 5.41) is 3.68. The summed E-state index contributed by atoms with van der Waals surface area (Å²) in [6.07, 6.45) is 5.26. The van der Waals surface area contributed by atoms with Crippen molar-refractivity contribution in [2.75, 3.05) is 59.4 Å². The molecule has 4 aliphatic heterocycles. The van der Waals surface area contributed by atoms with E-state index in [0.717, 1.165) is 25.6 Å². The molecule has 0 radical (unpaired) electrons. The molecule has 0 amide bonds. The molecule has 0 aromatic rings. The first-order valence-corrected chi connectivity index (χ1v) is 9.55. The van der Waals surface area contributed by atoms with Crippen molar-refractivity contribution in [3.8, 4) is 0 Å². The fourth-order valence-corrected chi connectivity index (χ4v) is 4.76. The molecule has 4 fully saturated rings. The summed E-state index contributed by atoms with van der Waals surface area (Å²) in [4.78, 5) is 12.3. The molecule has 1 N–H and O–H groups in total. The van der Waals surface area contributed by atoms with Gasteiger partial charge in [-0.3, -0.25) is 14.8 Å². The molecule has 0 aromatic heterocycles. The van der Waals surface area contributed by atoms with Gasteiger partial charge in [0.25, 0.3) is 0 Å². The number of piperidine rings is 1. The molecule has 4 rings (SSSR count). The Kier molecular flexibility index (Phi) is 7.61. The molecular weight excluding hydrogens is 413 g/mol. The Balaban J connectivity index is 0.00000208. The van der Waals surface area contributed by atoms with Gasteiger partial charge in [0.1, 0.15) is 0 Å². The van der Waals surface area contributed by atoms with Crippen LogP contribution in [0.15, 0.2) is 4.99 Å². The summed E-state index contributed by atoms with van der Waals surface area (Å²) in [6.45, 7) is 14.3. The molecule has 140 valence electrons. The summed E-state index contributed by atoms with van der Waals surface area (Å²) in [7, 11) is 1.94. The summed E-state index contributed by atoms with van der Waals surface area (Å²) in [5.74, 6) is 1.12. The lowest BCUT2D eigenvalue weighted by molar-refractivity contribution is 0.0150. The number of fused-ring (bicyclic) bond motifs is 3. The summed E-state index contributed by atoms with van der Waals surface area (Å²) in [5.41, 5.74) is 0.462. The molecule has 24 heavy (non-hydrogen) atoms. The molecule has 4 aliphatic rings. The van der Waals surface area contributed by atoms with Crippen LogP contribution in [0.1, 0.15) is 39.5 Å². The van der Waals surface area contributed by atoms with Gasteiger partial charge in [0.2, 0.25) is 0 Å². The number of aliphatic imine (C=N–C) groups is 1. The summed E-state index contributed by atoms with van der Waals surface area (Å²) in [6, 6.07) is 0.654. The molecule has 0 spiro atoms. The highest BCUT2D eigenvalue weighted by Gasteiger charge is 2.34. The number of piperazine rings is 3. The molecule has 2 atom stereocenters. The van der Waals surface area contributed by atoms with Crippen LogP contribution in [0, 0.1) is 5.41 Å². The van der Waals surface area contributed by atoms with E-state index in [2.05, 4.69) is 38.9 Å². The van der Waals surface area contributed by atoms with Crippen LogP contribution in [-0.4, -0.2) is 86.1 Å². The summed E-state index contributed by atoms with van der Waals surface area (Å²) < 4.78 is 0. The quantitative estimate of drug-likeness (QED) is 0.405. The van der Waals surface area contributed by atoms with E-state index in [0.29, 0.717) is 11.5 Å². The van der Waals surface area contributed by atoms with Crippen LogP contribution < -0.4 is 5.32 Å². The predicted octanol–water partition coefficient (Wildman–Crippen LogP) is 2.08. The molecule has 0 saturated carbocycles. The van der Waals surface area contributed by atoms with Crippen LogP contribution in [0.2, 0.25) is 0 Å². The van der Waals surface area contributed by atoms with E-state index in [9.17, 15) is 0 Å². The minimum atomic E-state index is 0. The van der Waals surface area contributed by atoms with Gasteiger partial charge < -0.3 is 10.2 Å². The maximum absolute atomic E-state index is 4.58. The zero-order chi connectivity index (χ0) is 16.3. The number of nitrogens with zero attached hydrogens (tertiary/aromatic N) is 4. The third kappa shape index (κ3) is 4.75. The average molecular weight is 449 g/mol. The van der Waals surface area contributed by atoms with Crippen molar-refractivity contribution < 1.29 is 0 Å². The minimum absolute atomic E-state index is 0. The molecular formula is C18H36IN5. The first kappa shape index (κ1) is 20.2. The topological polar surface area (TPSA) is 34.1 Å². The van der Waals surface area contributed by atoms with Gasteiger partial charge in [-0.15, -0.1) is 24.0 Å². The van der Waals surface area contributed by atoms with Crippen molar-refractivity contribution in [2.45, 2.75) is 45.6 Å². The van der Waals surface area contributed by atoms with Crippen molar-refractivity contribution in [3.63, 3.8) is 0 Å². The second kappa shape index (κ2) is 9.03.